The maximum Gasteiger partial charge on any atom is 0.316 e. The molecule has 2 aliphatic carbocycles. The standard InChI is InChI=1S/C15H14O3/c1-18-15(17)13-8-12-10-5-3-2-4-9(10)6-7-11(12)14(13)16/h2-5,13H,6-8H2,1H3. The molecule has 0 saturated heterocycles. The summed E-state index contributed by atoms with van der Waals surface area (Å²) in [6.45, 7) is 0. The molecule has 0 aliphatic heterocycles. The van der Waals surface area contributed by atoms with E-state index in [0.717, 1.165) is 29.6 Å². The van der Waals surface area contributed by atoms with Crippen LogP contribution in [0.1, 0.15) is 24.0 Å². The lowest BCUT2D eigenvalue weighted by Gasteiger charge is -2.17. The number of hydrogen-bond donors (Lipinski definition) is 0. The molecule has 0 N–H and O–H groups in total. The average Bonchev–Trinajstić information content (AvgIpc) is 2.76. The second kappa shape index (κ2) is 4.09. The molecule has 3 nitrogen and oxygen atoms in total. The lowest BCUT2D eigenvalue weighted by atomic mass is 9.87. The molecule has 0 fully saturated rings. The van der Waals surface area contributed by atoms with Gasteiger partial charge in [-0.1, -0.05) is 24.3 Å². The van der Waals surface area contributed by atoms with Crippen LogP contribution in [0.3, 0.4) is 0 Å². The highest BCUT2D eigenvalue weighted by atomic mass is 16.5. The van der Waals surface area contributed by atoms with Gasteiger partial charge in [-0.3, -0.25) is 9.59 Å². The van der Waals surface area contributed by atoms with Gasteiger partial charge in [0.1, 0.15) is 5.92 Å². The van der Waals surface area contributed by atoms with E-state index in [0.29, 0.717) is 6.42 Å². The van der Waals surface area contributed by atoms with Crippen LogP contribution in [-0.2, 0) is 20.7 Å². The van der Waals surface area contributed by atoms with Crippen LogP contribution in [0.5, 0.6) is 0 Å². The molecule has 92 valence electrons. The van der Waals surface area contributed by atoms with Crippen LogP contribution in [0.25, 0.3) is 5.57 Å². The van der Waals surface area contributed by atoms with Crippen molar-refractivity contribution in [2.75, 3.05) is 7.11 Å². The van der Waals surface area contributed by atoms with Crippen LogP contribution in [-0.4, -0.2) is 18.9 Å². The summed E-state index contributed by atoms with van der Waals surface area (Å²) in [5.74, 6) is -1.07. The molecule has 0 radical (unpaired) electrons. The number of ether oxygens (including phenoxy) is 1. The van der Waals surface area contributed by atoms with Gasteiger partial charge in [-0.05, 0) is 36.0 Å². The van der Waals surface area contributed by atoms with E-state index in [2.05, 4.69) is 6.07 Å². The minimum Gasteiger partial charge on any atom is -0.468 e. The van der Waals surface area contributed by atoms with Crippen LogP contribution in [0.2, 0.25) is 0 Å². The Morgan fingerprint density at radius 3 is 2.78 bits per heavy atom. The quantitative estimate of drug-likeness (QED) is 0.560. The van der Waals surface area contributed by atoms with Gasteiger partial charge in [0.2, 0.25) is 0 Å². The largest absolute Gasteiger partial charge is 0.468 e. The molecule has 1 aromatic carbocycles. The number of hydrogen-bond acceptors (Lipinski definition) is 3. The first-order valence-electron chi connectivity index (χ1n) is 6.14. The number of allylic oxidation sites excluding steroid dienone is 2. The fraction of sp³-hybridized carbons (Fsp3) is 0.333. The first-order valence-corrected chi connectivity index (χ1v) is 6.14. The van der Waals surface area contributed by atoms with Crippen molar-refractivity contribution in [1.82, 2.24) is 0 Å². The number of ketones is 1. The summed E-state index contributed by atoms with van der Waals surface area (Å²) in [4.78, 5) is 23.8. The van der Waals surface area contributed by atoms with Gasteiger partial charge in [0.25, 0.3) is 0 Å². The number of carbonyl (C=O) groups excluding carboxylic acids is 2. The molecule has 1 atom stereocenters. The Morgan fingerprint density at radius 2 is 2.00 bits per heavy atom. The third-order valence-electron chi connectivity index (χ3n) is 3.86. The van der Waals surface area contributed by atoms with Crippen LogP contribution in [0, 0.1) is 5.92 Å². The van der Waals surface area contributed by atoms with E-state index in [1.807, 2.05) is 18.2 Å². The van der Waals surface area contributed by atoms with Crippen molar-refractivity contribution in [1.29, 1.82) is 0 Å². The van der Waals surface area contributed by atoms with Crippen molar-refractivity contribution in [3.05, 3.63) is 41.0 Å². The Bertz CT molecular complexity index is 569. The zero-order chi connectivity index (χ0) is 12.7. The predicted molar refractivity (Wildman–Crippen MR) is 66.8 cm³/mol. The van der Waals surface area contributed by atoms with Gasteiger partial charge in [0, 0.05) is 5.57 Å². The molecule has 0 amide bonds. The van der Waals surface area contributed by atoms with Gasteiger partial charge in [-0.15, -0.1) is 0 Å². The number of rotatable bonds is 1. The number of aryl methyl sites for hydroxylation is 1. The molecule has 3 heteroatoms. The number of benzene rings is 1. The van der Waals surface area contributed by atoms with E-state index < -0.39 is 11.9 Å². The van der Waals surface area contributed by atoms with Crippen LogP contribution < -0.4 is 0 Å². The molecule has 0 spiro atoms. The van der Waals surface area contributed by atoms with Crippen molar-refractivity contribution in [3.8, 4) is 0 Å². The fourth-order valence-corrected chi connectivity index (χ4v) is 2.95. The zero-order valence-corrected chi connectivity index (χ0v) is 10.2. The number of fused-ring (bicyclic) bond motifs is 2. The molecule has 0 aromatic heterocycles. The monoisotopic (exact) mass is 242 g/mol. The molecule has 3 rings (SSSR count). The summed E-state index contributed by atoms with van der Waals surface area (Å²) >= 11 is 0. The normalized spacial score (nSPS) is 21.6. The maximum atomic E-state index is 12.2. The van der Waals surface area contributed by atoms with E-state index in [4.69, 9.17) is 4.74 Å². The Hall–Kier alpha value is -1.90. The summed E-state index contributed by atoms with van der Waals surface area (Å²) in [7, 11) is 1.33. The molecule has 18 heavy (non-hydrogen) atoms. The first kappa shape index (κ1) is 11.2. The molecule has 2 aliphatic rings. The third kappa shape index (κ3) is 1.50. The molecule has 1 aromatic rings. The highest BCUT2D eigenvalue weighted by Gasteiger charge is 2.40. The molecule has 1 unspecified atom stereocenters. The Labute approximate surface area is 105 Å². The van der Waals surface area contributed by atoms with Gasteiger partial charge in [0.05, 0.1) is 7.11 Å². The molecule has 0 heterocycles. The molecular formula is C15H14O3. The van der Waals surface area contributed by atoms with Gasteiger partial charge in [-0.25, -0.2) is 0 Å². The van der Waals surface area contributed by atoms with Crippen LogP contribution in [0.4, 0.5) is 0 Å². The predicted octanol–water partition coefficient (Wildman–Crippen LogP) is 2.15. The average molecular weight is 242 g/mol. The van der Waals surface area contributed by atoms with E-state index in [1.165, 1.54) is 12.7 Å². The van der Waals surface area contributed by atoms with E-state index in [1.54, 1.807) is 0 Å². The first-order chi connectivity index (χ1) is 8.72. The summed E-state index contributed by atoms with van der Waals surface area (Å²) in [6, 6.07) is 8.12. The minimum absolute atomic E-state index is 0.0358. The van der Waals surface area contributed by atoms with Crippen molar-refractivity contribution >= 4 is 17.3 Å². The molecule has 0 bridgehead atoms. The number of methoxy groups -OCH3 is 1. The van der Waals surface area contributed by atoms with Crippen LogP contribution in [0.15, 0.2) is 29.8 Å². The topological polar surface area (TPSA) is 43.4 Å². The Kier molecular flexibility index (Phi) is 2.54. The maximum absolute atomic E-state index is 12.2. The summed E-state index contributed by atoms with van der Waals surface area (Å²) < 4.78 is 4.71. The third-order valence-corrected chi connectivity index (χ3v) is 3.86. The van der Waals surface area contributed by atoms with Gasteiger partial charge in [0.15, 0.2) is 5.78 Å². The lowest BCUT2D eigenvalue weighted by Crippen LogP contribution is -2.22. The summed E-state index contributed by atoms with van der Waals surface area (Å²) in [5.41, 5.74) is 4.30. The van der Waals surface area contributed by atoms with Crippen molar-refractivity contribution in [3.63, 3.8) is 0 Å². The van der Waals surface area contributed by atoms with Crippen molar-refractivity contribution in [2.45, 2.75) is 19.3 Å². The Morgan fingerprint density at radius 1 is 1.22 bits per heavy atom. The smallest absolute Gasteiger partial charge is 0.316 e. The lowest BCUT2D eigenvalue weighted by molar-refractivity contribution is -0.147. The minimum atomic E-state index is -0.619. The number of Topliss-reactive ketones (excluding diaryl/α,β-unsaturated/α-hetero) is 1. The van der Waals surface area contributed by atoms with Gasteiger partial charge >= 0.3 is 5.97 Å². The molecular weight excluding hydrogens is 228 g/mol. The zero-order valence-electron chi connectivity index (χ0n) is 10.2. The fourth-order valence-electron chi connectivity index (χ4n) is 2.95. The summed E-state index contributed by atoms with van der Waals surface area (Å²) in [6.07, 6.45) is 2.13. The van der Waals surface area contributed by atoms with Crippen LogP contribution >= 0.6 is 0 Å². The highest BCUT2D eigenvalue weighted by molar-refractivity contribution is 6.17. The SMILES string of the molecule is COC(=O)C1CC2=C(CCc3ccccc32)C1=O. The second-order valence-electron chi connectivity index (χ2n) is 4.76. The van der Waals surface area contributed by atoms with E-state index in [9.17, 15) is 9.59 Å². The van der Waals surface area contributed by atoms with E-state index >= 15 is 0 Å². The highest BCUT2D eigenvalue weighted by Crippen LogP contribution is 2.42. The van der Waals surface area contributed by atoms with Gasteiger partial charge in [-0.2, -0.15) is 0 Å². The number of carbonyl (C=O) groups is 2. The molecule has 0 saturated carbocycles. The summed E-state index contributed by atoms with van der Waals surface area (Å²) in [5, 5.41) is 0. The second-order valence-corrected chi connectivity index (χ2v) is 4.76. The van der Waals surface area contributed by atoms with Gasteiger partial charge < -0.3 is 4.74 Å². The number of esters is 1. The van der Waals surface area contributed by atoms with Crippen molar-refractivity contribution < 1.29 is 14.3 Å². The van der Waals surface area contributed by atoms with E-state index in [-0.39, 0.29) is 5.78 Å². The van der Waals surface area contributed by atoms with Crippen molar-refractivity contribution in [2.24, 2.45) is 5.92 Å². The Balaban J connectivity index is 2.02.